The predicted molar refractivity (Wildman–Crippen MR) is 86.2 cm³/mol. The van der Waals surface area contributed by atoms with Crippen LogP contribution in [0.2, 0.25) is 0 Å². The molecule has 0 radical (unpaired) electrons. The van der Waals surface area contributed by atoms with Gasteiger partial charge in [-0.3, -0.25) is 11.3 Å². The summed E-state index contributed by atoms with van der Waals surface area (Å²) in [6.07, 6.45) is 0.993. The summed E-state index contributed by atoms with van der Waals surface area (Å²) >= 11 is 0. The van der Waals surface area contributed by atoms with Crippen molar-refractivity contribution in [3.05, 3.63) is 29.8 Å². The zero-order valence-electron chi connectivity index (χ0n) is 13.4. The zero-order valence-corrected chi connectivity index (χ0v) is 13.4. The molecule has 1 fully saturated rings. The van der Waals surface area contributed by atoms with Crippen molar-refractivity contribution >= 4 is 0 Å². The Kier molecular flexibility index (Phi) is 5.99. The van der Waals surface area contributed by atoms with Crippen LogP contribution in [0.3, 0.4) is 0 Å². The van der Waals surface area contributed by atoms with E-state index in [9.17, 15) is 0 Å². The van der Waals surface area contributed by atoms with Gasteiger partial charge in [0.1, 0.15) is 5.75 Å². The number of hydrogen-bond donors (Lipinski definition) is 2. The highest BCUT2D eigenvalue weighted by molar-refractivity contribution is 5.30. The van der Waals surface area contributed by atoms with Crippen LogP contribution >= 0.6 is 0 Å². The van der Waals surface area contributed by atoms with Crippen molar-refractivity contribution in [2.45, 2.75) is 25.4 Å². The van der Waals surface area contributed by atoms with Crippen molar-refractivity contribution in [1.82, 2.24) is 15.2 Å². The molecule has 0 amide bonds. The van der Waals surface area contributed by atoms with E-state index in [0.717, 1.165) is 31.8 Å². The van der Waals surface area contributed by atoms with E-state index in [4.69, 9.17) is 10.6 Å². The van der Waals surface area contributed by atoms with Crippen LogP contribution in [0, 0.1) is 0 Å². The largest absolute Gasteiger partial charge is 0.494 e. The third-order valence-electron chi connectivity index (χ3n) is 4.26. The molecule has 1 aliphatic rings. The normalized spacial score (nSPS) is 22.2. The van der Waals surface area contributed by atoms with E-state index in [-0.39, 0.29) is 6.04 Å². The number of likely N-dealkylation sites (N-methyl/N-ethyl adjacent to an activating group) is 2. The first kappa shape index (κ1) is 16.2. The van der Waals surface area contributed by atoms with Gasteiger partial charge in [-0.1, -0.05) is 12.1 Å². The van der Waals surface area contributed by atoms with E-state index in [1.807, 2.05) is 19.1 Å². The second-order valence-electron chi connectivity index (χ2n) is 5.86. The summed E-state index contributed by atoms with van der Waals surface area (Å²) in [5.74, 6) is 6.71. The molecule has 5 nitrogen and oxygen atoms in total. The van der Waals surface area contributed by atoms with Crippen molar-refractivity contribution in [2.75, 3.05) is 40.3 Å². The summed E-state index contributed by atoms with van der Waals surface area (Å²) in [6.45, 7) is 6.00. The van der Waals surface area contributed by atoms with Crippen molar-refractivity contribution in [2.24, 2.45) is 5.84 Å². The van der Waals surface area contributed by atoms with E-state index in [1.54, 1.807) is 0 Å². The minimum atomic E-state index is 0.143. The molecule has 0 spiro atoms. The molecule has 2 rings (SSSR count). The average molecular weight is 292 g/mol. The maximum Gasteiger partial charge on any atom is 0.119 e. The quantitative estimate of drug-likeness (QED) is 0.610. The summed E-state index contributed by atoms with van der Waals surface area (Å²) in [6, 6.07) is 8.87. The van der Waals surface area contributed by atoms with Gasteiger partial charge in [0.25, 0.3) is 0 Å². The van der Waals surface area contributed by atoms with E-state index in [0.29, 0.717) is 12.6 Å². The van der Waals surface area contributed by atoms with Crippen molar-refractivity contribution in [1.29, 1.82) is 0 Å². The molecule has 0 aliphatic carbocycles. The van der Waals surface area contributed by atoms with Crippen LogP contribution in [0.1, 0.15) is 24.9 Å². The molecule has 0 aromatic heterocycles. The SMILES string of the molecule is CCOc1cccc(C(CC2CN(C)CCN2C)NN)c1. The van der Waals surface area contributed by atoms with Gasteiger partial charge in [-0.25, -0.2) is 0 Å². The fourth-order valence-electron chi connectivity index (χ4n) is 2.92. The average Bonchev–Trinajstić information content (AvgIpc) is 2.49. The van der Waals surface area contributed by atoms with Gasteiger partial charge in [-0.15, -0.1) is 0 Å². The molecule has 1 saturated heterocycles. The van der Waals surface area contributed by atoms with E-state index in [1.165, 1.54) is 5.56 Å². The fourth-order valence-corrected chi connectivity index (χ4v) is 2.92. The molecular weight excluding hydrogens is 264 g/mol. The molecule has 1 aromatic carbocycles. The third kappa shape index (κ3) is 4.41. The summed E-state index contributed by atoms with van der Waals surface area (Å²) in [5.41, 5.74) is 4.15. The minimum Gasteiger partial charge on any atom is -0.494 e. The lowest BCUT2D eigenvalue weighted by Crippen LogP contribution is -2.51. The highest BCUT2D eigenvalue weighted by Crippen LogP contribution is 2.24. The Balaban J connectivity index is 2.06. The van der Waals surface area contributed by atoms with Gasteiger partial charge >= 0.3 is 0 Å². The first-order valence-corrected chi connectivity index (χ1v) is 7.71. The molecule has 118 valence electrons. The van der Waals surface area contributed by atoms with Crippen LogP contribution in [-0.2, 0) is 0 Å². The lowest BCUT2D eigenvalue weighted by atomic mass is 9.97. The molecule has 2 atom stereocenters. The van der Waals surface area contributed by atoms with Gasteiger partial charge in [0.15, 0.2) is 0 Å². The van der Waals surface area contributed by atoms with Crippen molar-refractivity contribution in [3.8, 4) is 5.75 Å². The topological polar surface area (TPSA) is 53.8 Å². The fraction of sp³-hybridized carbons (Fsp3) is 0.625. The van der Waals surface area contributed by atoms with Gasteiger partial charge in [-0.2, -0.15) is 0 Å². The Labute approximate surface area is 128 Å². The molecule has 1 aliphatic heterocycles. The van der Waals surface area contributed by atoms with Crippen LogP contribution in [0.15, 0.2) is 24.3 Å². The molecule has 5 heteroatoms. The van der Waals surface area contributed by atoms with Gasteiger partial charge in [-0.05, 0) is 45.1 Å². The maximum absolute atomic E-state index is 5.80. The summed E-state index contributed by atoms with van der Waals surface area (Å²) < 4.78 is 5.58. The smallest absolute Gasteiger partial charge is 0.119 e. The standard InChI is InChI=1S/C16H28N4O/c1-4-21-15-7-5-6-13(10-15)16(18-17)11-14-12-19(2)8-9-20(14)3/h5-7,10,14,16,18H,4,8-9,11-12,17H2,1-3H3. The van der Waals surface area contributed by atoms with Gasteiger partial charge in [0.2, 0.25) is 0 Å². The second-order valence-corrected chi connectivity index (χ2v) is 5.86. The second kappa shape index (κ2) is 7.75. The number of nitrogens with zero attached hydrogens (tertiary/aromatic N) is 2. The highest BCUT2D eigenvalue weighted by Gasteiger charge is 2.25. The first-order valence-electron chi connectivity index (χ1n) is 7.71. The van der Waals surface area contributed by atoms with Crippen LogP contribution in [0.5, 0.6) is 5.75 Å². The lowest BCUT2D eigenvalue weighted by Gasteiger charge is -2.39. The number of nitrogens with one attached hydrogen (secondary N) is 1. The maximum atomic E-state index is 5.80. The number of hydrazine groups is 1. The Bertz CT molecular complexity index is 440. The number of hydrogen-bond acceptors (Lipinski definition) is 5. The molecule has 1 heterocycles. The lowest BCUT2D eigenvalue weighted by molar-refractivity contribution is 0.101. The summed E-state index contributed by atoms with van der Waals surface area (Å²) in [5, 5.41) is 0. The predicted octanol–water partition coefficient (Wildman–Crippen LogP) is 1.23. The van der Waals surface area contributed by atoms with E-state index < -0.39 is 0 Å². The number of benzene rings is 1. The zero-order chi connectivity index (χ0) is 15.2. The Morgan fingerprint density at radius 1 is 1.38 bits per heavy atom. The molecule has 3 N–H and O–H groups in total. The molecule has 0 bridgehead atoms. The monoisotopic (exact) mass is 292 g/mol. The van der Waals surface area contributed by atoms with E-state index in [2.05, 4.69) is 41.5 Å². The first-order chi connectivity index (χ1) is 10.1. The molecule has 1 aromatic rings. The number of ether oxygens (including phenoxy) is 1. The summed E-state index contributed by atoms with van der Waals surface area (Å²) in [4.78, 5) is 4.81. The van der Waals surface area contributed by atoms with Crippen LogP contribution in [-0.4, -0.2) is 56.2 Å². The molecular formula is C16H28N4O. The van der Waals surface area contributed by atoms with Crippen molar-refractivity contribution in [3.63, 3.8) is 0 Å². The Hall–Kier alpha value is -1.14. The van der Waals surface area contributed by atoms with Gasteiger partial charge in [0, 0.05) is 31.7 Å². The van der Waals surface area contributed by atoms with Crippen LogP contribution < -0.4 is 16.0 Å². The number of piperazine rings is 1. The van der Waals surface area contributed by atoms with E-state index >= 15 is 0 Å². The molecule has 2 unspecified atom stereocenters. The van der Waals surface area contributed by atoms with Crippen molar-refractivity contribution < 1.29 is 4.74 Å². The highest BCUT2D eigenvalue weighted by atomic mass is 16.5. The van der Waals surface area contributed by atoms with Gasteiger partial charge in [0.05, 0.1) is 6.61 Å². The van der Waals surface area contributed by atoms with Gasteiger partial charge < -0.3 is 14.5 Å². The summed E-state index contributed by atoms with van der Waals surface area (Å²) in [7, 11) is 4.38. The number of nitrogens with two attached hydrogens (primary N) is 1. The van der Waals surface area contributed by atoms with Crippen LogP contribution in [0.25, 0.3) is 0 Å². The Morgan fingerprint density at radius 3 is 2.90 bits per heavy atom. The minimum absolute atomic E-state index is 0.143. The number of rotatable bonds is 6. The Morgan fingerprint density at radius 2 is 2.19 bits per heavy atom. The van der Waals surface area contributed by atoms with Crippen LogP contribution in [0.4, 0.5) is 0 Å². The molecule has 21 heavy (non-hydrogen) atoms. The third-order valence-corrected chi connectivity index (χ3v) is 4.26. The molecule has 0 saturated carbocycles.